The summed E-state index contributed by atoms with van der Waals surface area (Å²) >= 11 is 1.49. The Balaban J connectivity index is 2.72. The molecule has 0 heterocycles. The molecule has 128 valence electrons. The Kier molecular flexibility index (Phi) is 7.21. The third-order valence-electron chi connectivity index (χ3n) is 2.85. The number of halogens is 3. The highest BCUT2D eigenvalue weighted by molar-refractivity contribution is 7.98. The molecular formula is C14H17F3N2O3S. The van der Waals surface area contributed by atoms with Crippen LogP contribution in [0.25, 0.3) is 0 Å². The average molecular weight is 350 g/mol. The van der Waals surface area contributed by atoms with Crippen LogP contribution in [-0.4, -0.2) is 37.2 Å². The number of benzene rings is 1. The molecule has 1 atom stereocenters. The van der Waals surface area contributed by atoms with Gasteiger partial charge in [0, 0.05) is 5.69 Å². The Bertz CT molecular complexity index is 552. The van der Waals surface area contributed by atoms with E-state index in [1.165, 1.54) is 31.0 Å². The molecule has 0 aliphatic heterocycles. The molecule has 1 aromatic rings. The van der Waals surface area contributed by atoms with Gasteiger partial charge in [0.1, 0.15) is 6.04 Å². The van der Waals surface area contributed by atoms with Crippen molar-refractivity contribution in [2.75, 3.05) is 24.4 Å². The Hall–Kier alpha value is -1.90. The molecule has 0 aliphatic rings. The number of carbonyl (C=O) groups is 2. The molecule has 2 amide bonds. The zero-order valence-corrected chi connectivity index (χ0v) is 13.4. The van der Waals surface area contributed by atoms with E-state index in [-0.39, 0.29) is 5.69 Å². The van der Waals surface area contributed by atoms with Gasteiger partial charge in [-0.2, -0.15) is 24.9 Å². The molecule has 0 fully saturated rings. The fraction of sp³-hybridized carbons (Fsp3) is 0.429. The van der Waals surface area contributed by atoms with E-state index in [1.807, 2.05) is 6.26 Å². The number of hydrogen-bond donors (Lipinski definition) is 2. The van der Waals surface area contributed by atoms with Crippen LogP contribution in [-0.2, 0) is 15.7 Å². The number of thioether (sulfide) groups is 1. The normalized spacial score (nSPS) is 12.4. The fourth-order valence-corrected chi connectivity index (χ4v) is 2.20. The molecular weight excluding hydrogens is 333 g/mol. The molecule has 1 aromatic carbocycles. The lowest BCUT2D eigenvalue weighted by Gasteiger charge is -2.17. The van der Waals surface area contributed by atoms with Crippen molar-refractivity contribution in [1.82, 2.24) is 5.32 Å². The Morgan fingerprint density at radius 2 is 2.04 bits per heavy atom. The number of urea groups is 1. The van der Waals surface area contributed by atoms with Crippen LogP contribution in [0.15, 0.2) is 24.3 Å². The van der Waals surface area contributed by atoms with E-state index in [0.717, 1.165) is 12.1 Å². The predicted octanol–water partition coefficient (Wildman–Crippen LogP) is 3.12. The molecule has 23 heavy (non-hydrogen) atoms. The van der Waals surface area contributed by atoms with Gasteiger partial charge in [-0.25, -0.2) is 9.59 Å². The number of nitrogens with one attached hydrogen (secondary N) is 2. The molecule has 0 aromatic heterocycles. The summed E-state index contributed by atoms with van der Waals surface area (Å²) in [5.41, 5.74) is -0.895. The van der Waals surface area contributed by atoms with Crippen molar-refractivity contribution in [3.8, 4) is 0 Å². The minimum atomic E-state index is -4.50. The Labute approximate surface area is 136 Å². The molecule has 9 heteroatoms. The van der Waals surface area contributed by atoms with Gasteiger partial charge in [-0.1, -0.05) is 6.07 Å². The highest BCUT2D eigenvalue weighted by Gasteiger charge is 2.30. The molecule has 1 rings (SSSR count). The Morgan fingerprint density at radius 3 is 2.61 bits per heavy atom. The number of ether oxygens (including phenoxy) is 1. The first kappa shape index (κ1) is 19.1. The van der Waals surface area contributed by atoms with Crippen LogP contribution >= 0.6 is 11.8 Å². The van der Waals surface area contributed by atoms with Crippen LogP contribution in [0.2, 0.25) is 0 Å². The van der Waals surface area contributed by atoms with Crippen LogP contribution in [0.1, 0.15) is 12.0 Å². The summed E-state index contributed by atoms with van der Waals surface area (Å²) in [6.07, 6.45) is -2.30. The van der Waals surface area contributed by atoms with Gasteiger partial charge in [-0.15, -0.1) is 0 Å². The smallest absolute Gasteiger partial charge is 0.416 e. The average Bonchev–Trinajstić information content (AvgIpc) is 2.50. The second-order valence-corrected chi connectivity index (χ2v) is 5.52. The zero-order chi connectivity index (χ0) is 17.5. The maximum Gasteiger partial charge on any atom is 0.416 e. The van der Waals surface area contributed by atoms with Gasteiger partial charge >= 0.3 is 18.2 Å². The summed E-state index contributed by atoms with van der Waals surface area (Å²) < 4.78 is 42.4. The fourth-order valence-electron chi connectivity index (χ4n) is 1.73. The molecule has 0 unspecified atom stereocenters. The third kappa shape index (κ3) is 6.39. The minimum absolute atomic E-state index is 0.0224. The summed E-state index contributed by atoms with van der Waals surface area (Å²) in [6.45, 7) is 0. The van der Waals surface area contributed by atoms with Gasteiger partial charge in [0.05, 0.1) is 12.7 Å². The number of anilines is 1. The largest absolute Gasteiger partial charge is 0.467 e. The number of methoxy groups -OCH3 is 1. The standard InChI is InChI=1S/C14H17F3N2O3S/c1-22-12(20)11(6-7-23-2)19-13(21)18-10-5-3-4-9(8-10)14(15,16)17/h3-5,8,11H,6-7H2,1-2H3,(H2,18,19,21)/t11-/m1/s1. The Morgan fingerprint density at radius 1 is 1.35 bits per heavy atom. The van der Waals surface area contributed by atoms with Crippen LogP contribution in [0.4, 0.5) is 23.7 Å². The molecule has 2 N–H and O–H groups in total. The molecule has 5 nitrogen and oxygen atoms in total. The highest BCUT2D eigenvalue weighted by atomic mass is 32.2. The lowest BCUT2D eigenvalue weighted by Crippen LogP contribution is -2.44. The summed E-state index contributed by atoms with van der Waals surface area (Å²) in [6, 6.07) is 2.58. The number of carbonyl (C=O) groups excluding carboxylic acids is 2. The first-order valence-electron chi connectivity index (χ1n) is 6.59. The van der Waals surface area contributed by atoms with E-state index >= 15 is 0 Å². The third-order valence-corrected chi connectivity index (χ3v) is 3.49. The number of amides is 2. The lowest BCUT2D eigenvalue weighted by molar-refractivity contribution is -0.142. The van der Waals surface area contributed by atoms with Crippen molar-refractivity contribution in [2.45, 2.75) is 18.6 Å². The van der Waals surface area contributed by atoms with E-state index in [2.05, 4.69) is 15.4 Å². The lowest BCUT2D eigenvalue weighted by atomic mass is 10.2. The van der Waals surface area contributed by atoms with Crippen LogP contribution < -0.4 is 10.6 Å². The van der Waals surface area contributed by atoms with Crippen molar-refractivity contribution in [3.05, 3.63) is 29.8 Å². The molecule has 0 spiro atoms. The van der Waals surface area contributed by atoms with E-state index in [9.17, 15) is 22.8 Å². The molecule has 0 bridgehead atoms. The number of hydrogen-bond acceptors (Lipinski definition) is 4. The monoisotopic (exact) mass is 350 g/mol. The maximum absolute atomic E-state index is 12.6. The van der Waals surface area contributed by atoms with Crippen LogP contribution in [0.5, 0.6) is 0 Å². The molecule has 0 radical (unpaired) electrons. The van der Waals surface area contributed by atoms with Gasteiger partial charge in [-0.05, 0) is 36.6 Å². The summed E-state index contributed by atoms with van der Waals surface area (Å²) in [5.74, 6) is 0.00195. The summed E-state index contributed by atoms with van der Waals surface area (Å²) in [7, 11) is 1.20. The van der Waals surface area contributed by atoms with E-state index in [1.54, 1.807) is 0 Å². The van der Waals surface area contributed by atoms with E-state index in [0.29, 0.717) is 12.2 Å². The molecule has 0 saturated carbocycles. The van der Waals surface area contributed by atoms with Crippen molar-refractivity contribution < 1.29 is 27.5 Å². The van der Waals surface area contributed by atoms with Gasteiger partial charge in [0.15, 0.2) is 0 Å². The highest BCUT2D eigenvalue weighted by Crippen LogP contribution is 2.30. The van der Waals surface area contributed by atoms with Crippen molar-refractivity contribution in [1.29, 1.82) is 0 Å². The van der Waals surface area contributed by atoms with Crippen molar-refractivity contribution >= 4 is 29.4 Å². The second kappa shape index (κ2) is 8.66. The van der Waals surface area contributed by atoms with Crippen molar-refractivity contribution in [2.24, 2.45) is 0 Å². The van der Waals surface area contributed by atoms with Gasteiger partial charge in [0.25, 0.3) is 0 Å². The quantitative estimate of drug-likeness (QED) is 0.774. The number of rotatable bonds is 6. The molecule has 0 aliphatic carbocycles. The van der Waals surface area contributed by atoms with Gasteiger partial charge in [0.2, 0.25) is 0 Å². The molecule has 0 saturated heterocycles. The summed E-state index contributed by atoms with van der Waals surface area (Å²) in [4.78, 5) is 23.4. The zero-order valence-electron chi connectivity index (χ0n) is 12.6. The number of esters is 1. The first-order valence-corrected chi connectivity index (χ1v) is 7.99. The number of alkyl halides is 3. The van der Waals surface area contributed by atoms with Crippen molar-refractivity contribution in [3.63, 3.8) is 0 Å². The van der Waals surface area contributed by atoms with Crippen LogP contribution in [0, 0.1) is 0 Å². The SMILES string of the molecule is COC(=O)[C@@H](CCSC)NC(=O)Nc1cccc(C(F)(F)F)c1. The van der Waals surface area contributed by atoms with Crippen LogP contribution in [0.3, 0.4) is 0 Å². The maximum atomic E-state index is 12.6. The minimum Gasteiger partial charge on any atom is -0.467 e. The van der Waals surface area contributed by atoms with E-state index in [4.69, 9.17) is 0 Å². The predicted molar refractivity (Wildman–Crippen MR) is 82.4 cm³/mol. The van der Waals surface area contributed by atoms with Gasteiger partial charge < -0.3 is 15.4 Å². The summed E-state index contributed by atoms with van der Waals surface area (Å²) in [5, 5.41) is 4.67. The second-order valence-electron chi connectivity index (χ2n) is 4.53. The van der Waals surface area contributed by atoms with E-state index < -0.39 is 29.8 Å². The topological polar surface area (TPSA) is 67.4 Å². The van der Waals surface area contributed by atoms with Gasteiger partial charge in [-0.3, -0.25) is 0 Å². The first-order chi connectivity index (χ1) is 10.8.